The highest BCUT2D eigenvalue weighted by molar-refractivity contribution is 6.09. The summed E-state index contributed by atoms with van der Waals surface area (Å²) in [6, 6.07) is 4.61. The molecule has 2 aliphatic rings. The molecule has 2 fully saturated rings. The van der Waals surface area contributed by atoms with Crippen molar-refractivity contribution in [2.75, 3.05) is 6.61 Å². The maximum Gasteiger partial charge on any atom is 0.255 e. The first-order valence-electron chi connectivity index (χ1n) is 12.2. The average Bonchev–Trinajstić information content (AvgIpc) is 3.58. The number of hydrogen-bond acceptors (Lipinski definition) is 5. The van der Waals surface area contributed by atoms with Gasteiger partial charge in [-0.25, -0.2) is 14.4 Å². The molecule has 0 atom stereocenters. The van der Waals surface area contributed by atoms with Gasteiger partial charge in [0.1, 0.15) is 29.1 Å². The van der Waals surface area contributed by atoms with E-state index in [9.17, 15) is 14.0 Å². The fourth-order valence-corrected chi connectivity index (χ4v) is 4.84. The predicted octanol–water partition coefficient (Wildman–Crippen LogP) is 4.04. The summed E-state index contributed by atoms with van der Waals surface area (Å²) in [6.07, 6.45) is 6.94. The van der Waals surface area contributed by atoms with E-state index in [1.54, 1.807) is 6.07 Å². The fraction of sp³-hybridized carbons (Fsp3) is 0.462. The van der Waals surface area contributed by atoms with Gasteiger partial charge in [0.2, 0.25) is 5.91 Å². The van der Waals surface area contributed by atoms with Gasteiger partial charge in [-0.05, 0) is 69.6 Å². The van der Waals surface area contributed by atoms with E-state index in [1.807, 2.05) is 6.92 Å². The summed E-state index contributed by atoms with van der Waals surface area (Å²) in [5, 5.41) is 6.09. The molecule has 35 heavy (non-hydrogen) atoms. The second-order valence-corrected chi connectivity index (χ2v) is 9.69. The second kappa shape index (κ2) is 9.64. The maximum absolute atomic E-state index is 14.2. The maximum atomic E-state index is 14.2. The number of carbonyl (C=O) groups excluding carboxylic acids is 2. The molecular weight excluding hydrogens is 449 g/mol. The van der Waals surface area contributed by atoms with Gasteiger partial charge in [0.15, 0.2) is 0 Å². The minimum absolute atomic E-state index is 0.0261. The van der Waals surface area contributed by atoms with Crippen LogP contribution >= 0.6 is 0 Å². The molecule has 2 saturated carbocycles. The third-order valence-electron chi connectivity index (χ3n) is 6.84. The first kappa shape index (κ1) is 23.3. The van der Waals surface area contributed by atoms with Crippen molar-refractivity contribution in [2.24, 2.45) is 5.92 Å². The Morgan fingerprint density at radius 2 is 1.80 bits per heavy atom. The number of amides is 2. The molecule has 1 aromatic carbocycles. The SMILES string of the molecule is CC(=O)NC1CCC(NC(=O)c2c(C)[nH]c3c(-c4cc(F)ccc4OCC4CC4)ncnc23)CC1. The highest BCUT2D eigenvalue weighted by Crippen LogP contribution is 2.37. The molecule has 0 bridgehead atoms. The number of fused-ring (bicyclic) bond motifs is 1. The lowest BCUT2D eigenvalue weighted by Crippen LogP contribution is -2.43. The molecule has 2 aromatic heterocycles. The molecule has 2 heterocycles. The second-order valence-electron chi connectivity index (χ2n) is 9.69. The van der Waals surface area contributed by atoms with Crippen LogP contribution in [0.2, 0.25) is 0 Å². The monoisotopic (exact) mass is 479 g/mol. The van der Waals surface area contributed by atoms with E-state index >= 15 is 0 Å². The molecule has 3 aromatic rings. The topological polar surface area (TPSA) is 109 Å². The Morgan fingerprint density at radius 3 is 2.49 bits per heavy atom. The molecule has 9 heteroatoms. The van der Waals surface area contributed by atoms with Crippen LogP contribution < -0.4 is 15.4 Å². The number of aromatic nitrogens is 3. The summed E-state index contributed by atoms with van der Waals surface area (Å²) < 4.78 is 20.2. The number of halogens is 1. The van der Waals surface area contributed by atoms with Crippen molar-refractivity contribution in [3.05, 3.63) is 41.6 Å². The quantitative estimate of drug-likeness (QED) is 0.474. The lowest BCUT2D eigenvalue weighted by molar-refractivity contribution is -0.119. The van der Waals surface area contributed by atoms with Gasteiger partial charge in [0.25, 0.3) is 5.91 Å². The highest BCUT2D eigenvalue weighted by Gasteiger charge is 2.27. The van der Waals surface area contributed by atoms with Gasteiger partial charge in [-0.1, -0.05) is 0 Å². The first-order valence-corrected chi connectivity index (χ1v) is 12.2. The number of carbonyl (C=O) groups is 2. The number of nitrogens with one attached hydrogen (secondary N) is 3. The van der Waals surface area contributed by atoms with Crippen LogP contribution in [0.4, 0.5) is 4.39 Å². The third-order valence-corrected chi connectivity index (χ3v) is 6.84. The normalized spacial score (nSPS) is 20.0. The largest absolute Gasteiger partial charge is 0.493 e. The van der Waals surface area contributed by atoms with E-state index in [0.717, 1.165) is 38.5 Å². The zero-order valence-corrected chi connectivity index (χ0v) is 20.0. The summed E-state index contributed by atoms with van der Waals surface area (Å²) in [4.78, 5) is 36.7. The Kier molecular flexibility index (Phi) is 6.40. The Morgan fingerprint density at radius 1 is 1.09 bits per heavy atom. The zero-order chi connectivity index (χ0) is 24.5. The number of benzene rings is 1. The molecule has 3 N–H and O–H groups in total. The third kappa shape index (κ3) is 5.13. The molecule has 5 rings (SSSR count). The van der Waals surface area contributed by atoms with Crippen molar-refractivity contribution < 1.29 is 18.7 Å². The van der Waals surface area contributed by atoms with Crippen LogP contribution in [0, 0.1) is 18.7 Å². The number of nitrogens with zero attached hydrogens (tertiary/aromatic N) is 2. The van der Waals surface area contributed by atoms with E-state index in [1.165, 1.54) is 25.4 Å². The molecule has 0 radical (unpaired) electrons. The molecule has 184 valence electrons. The van der Waals surface area contributed by atoms with Gasteiger partial charge in [-0.3, -0.25) is 9.59 Å². The molecule has 0 aliphatic heterocycles. The van der Waals surface area contributed by atoms with Gasteiger partial charge in [0, 0.05) is 30.3 Å². The van der Waals surface area contributed by atoms with E-state index < -0.39 is 0 Å². The van der Waals surface area contributed by atoms with E-state index in [2.05, 4.69) is 25.6 Å². The highest BCUT2D eigenvalue weighted by atomic mass is 19.1. The Bertz CT molecular complexity index is 1260. The number of rotatable bonds is 7. The summed E-state index contributed by atoms with van der Waals surface area (Å²) in [6.45, 7) is 3.94. The Labute approximate surface area is 203 Å². The van der Waals surface area contributed by atoms with Crippen LogP contribution in [-0.4, -0.2) is 45.5 Å². The van der Waals surface area contributed by atoms with Crippen LogP contribution in [0.3, 0.4) is 0 Å². The van der Waals surface area contributed by atoms with E-state index in [-0.39, 0.29) is 29.7 Å². The molecule has 8 nitrogen and oxygen atoms in total. The first-order chi connectivity index (χ1) is 16.9. The van der Waals surface area contributed by atoms with Gasteiger partial charge in [-0.15, -0.1) is 0 Å². The smallest absolute Gasteiger partial charge is 0.255 e. The summed E-state index contributed by atoms with van der Waals surface area (Å²) in [5.41, 5.74) is 3.23. The van der Waals surface area contributed by atoms with Crippen molar-refractivity contribution in [3.63, 3.8) is 0 Å². The summed E-state index contributed by atoms with van der Waals surface area (Å²) in [7, 11) is 0. The summed E-state index contributed by atoms with van der Waals surface area (Å²) >= 11 is 0. The van der Waals surface area contributed by atoms with Gasteiger partial charge in [-0.2, -0.15) is 0 Å². The van der Waals surface area contributed by atoms with Crippen molar-refractivity contribution >= 4 is 22.8 Å². The average molecular weight is 480 g/mol. The number of ether oxygens (including phenoxy) is 1. The van der Waals surface area contributed by atoms with Crippen molar-refractivity contribution in [1.82, 2.24) is 25.6 Å². The van der Waals surface area contributed by atoms with Gasteiger partial charge < -0.3 is 20.4 Å². The van der Waals surface area contributed by atoms with Crippen molar-refractivity contribution in [1.29, 1.82) is 0 Å². The van der Waals surface area contributed by atoms with Crippen LogP contribution in [0.5, 0.6) is 5.75 Å². The zero-order valence-electron chi connectivity index (χ0n) is 20.0. The van der Waals surface area contributed by atoms with Crippen LogP contribution in [-0.2, 0) is 4.79 Å². The number of aromatic amines is 1. The van der Waals surface area contributed by atoms with Crippen LogP contribution in [0.25, 0.3) is 22.3 Å². The lowest BCUT2D eigenvalue weighted by Gasteiger charge is -2.29. The number of aryl methyl sites for hydroxylation is 1. The van der Waals surface area contributed by atoms with Crippen molar-refractivity contribution in [2.45, 2.75) is 64.5 Å². The molecule has 0 saturated heterocycles. The Balaban J connectivity index is 1.40. The van der Waals surface area contributed by atoms with Crippen molar-refractivity contribution in [3.8, 4) is 17.0 Å². The number of hydrogen-bond donors (Lipinski definition) is 3. The van der Waals surface area contributed by atoms with Gasteiger partial charge in [0.05, 0.1) is 17.7 Å². The number of H-pyrrole nitrogens is 1. The van der Waals surface area contributed by atoms with Crippen LogP contribution in [0.15, 0.2) is 24.5 Å². The lowest BCUT2D eigenvalue weighted by atomic mass is 9.91. The van der Waals surface area contributed by atoms with Gasteiger partial charge >= 0.3 is 0 Å². The molecule has 2 aliphatic carbocycles. The minimum Gasteiger partial charge on any atom is -0.493 e. The molecule has 0 unspecified atom stereocenters. The standard InChI is InChI=1S/C26H30FN5O3/c1-14-22(26(34)32-19-8-6-18(7-9-19)31-15(2)33)24-25(30-14)23(28-13-29-24)20-11-17(27)5-10-21(20)35-12-16-3-4-16/h5,10-11,13,16,18-19,30H,3-4,6-9,12H2,1-2H3,(H,31,33)(H,32,34). The molecule has 0 spiro atoms. The van der Waals surface area contributed by atoms with E-state index in [4.69, 9.17) is 4.74 Å². The predicted molar refractivity (Wildman–Crippen MR) is 130 cm³/mol. The van der Waals surface area contributed by atoms with Crippen LogP contribution in [0.1, 0.15) is 61.5 Å². The molecule has 2 amide bonds. The minimum atomic E-state index is -0.387. The Hall–Kier alpha value is -3.49. The molecular formula is C26H30FN5O3. The van der Waals surface area contributed by atoms with E-state index in [0.29, 0.717) is 51.8 Å². The fourth-order valence-electron chi connectivity index (χ4n) is 4.84. The summed E-state index contributed by atoms with van der Waals surface area (Å²) in [5.74, 6) is 0.497.